The van der Waals surface area contributed by atoms with Crippen molar-refractivity contribution in [3.63, 3.8) is 0 Å². The van der Waals surface area contributed by atoms with Gasteiger partial charge in [-0.2, -0.15) is 0 Å². The van der Waals surface area contributed by atoms with E-state index in [1.165, 1.54) is 6.07 Å². The molecule has 3 nitrogen and oxygen atoms in total. The lowest BCUT2D eigenvalue weighted by Gasteiger charge is -2.36. The van der Waals surface area contributed by atoms with Crippen LogP contribution in [0.4, 0.5) is 4.39 Å². The average molecular weight is 266 g/mol. The van der Waals surface area contributed by atoms with Gasteiger partial charge in [-0.1, -0.05) is 26.0 Å². The fraction of sp³-hybridized carbons (Fsp3) is 0.600. The van der Waals surface area contributed by atoms with E-state index in [4.69, 9.17) is 0 Å². The third-order valence-electron chi connectivity index (χ3n) is 3.66. The molecule has 0 unspecified atom stereocenters. The van der Waals surface area contributed by atoms with Crippen LogP contribution in [0.2, 0.25) is 0 Å². The molecule has 106 valence electrons. The van der Waals surface area contributed by atoms with Crippen LogP contribution in [0.5, 0.6) is 5.75 Å². The van der Waals surface area contributed by atoms with Crippen LogP contribution in [-0.2, 0) is 0 Å². The second kappa shape index (κ2) is 6.35. The Morgan fingerprint density at radius 1 is 1.32 bits per heavy atom. The number of phenols is 1. The first-order valence-corrected chi connectivity index (χ1v) is 7.01. The van der Waals surface area contributed by atoms with E-state index in [1.54, 1.807) is 6.07 Å². The molecule has 1 aromatic carbocycles. The van der Waals surface area contributed by atoms with Gasteiger partial charge in [-0.3, -0.25) is 4.90 Å². The fourth-order valence-corrected chi connectivity index (χ4v) is 2.71. The molecule has 1 fully saturated rings. The second-order valence-corrected chi connectivity index (χ2v) is 5.61. The maximum atomic E-state index is 13.6. The van der Waals surface area contributed by atoms with Crippen molar-refractivity contribution < 1.29 is 9.50 Å². The maximum absolute atomic E-state index is 13.6. The first kappa shape index (κ1) is 14.3. The summed E-state index contributed by atoms with van der Waals surface area (Å²) in [4.78, 5) is 2.34. The zero-order chi connectivity index (χ0) is 13.8. The molecule has 0 spiro atoms. The fourth-order valence-electron chi connectivity index (χ4n) is 2.71. The number of phenolic OH excluding ortho intramolecular Hbond substituents is 1. The first-order valence-electron chi connectivity index (χ1n) is 7.01. The molecule has 1 atom stereocenters. The molecule has 1 aliphatic heterocycles. The summed E-state index contributed by atoms with van der Waals surface area (Å²) in [5.41, 5.74) is 0.718. The van der Waals surface area contributed by atoms with Crippen molar-refractivity contribution in [2.24, 2.45) is 5.92 Å². The molecule has 0 aliphatic carbocycles. The van der Waals surface area contributed by atoms with Gasteiger partial charge >= 0.3 is 0 Å². The Bertz CT molecular complexity index is 417. The van der Waals surface area contributed by atoms with Crippen LogP contribution >= 0.6 is 0 Å². The molecule has 1 aromatic rings. The van der Waals surface area contributed by atoms with Crippen molar-refractivity contribution in [3.8, 4) is 5.75 Å². The predicted molar refractivity (Wildman–Crippen MR) is 74.7 cm³/mol. The van der Waals surface area contributed by atoms with E-state index in [-0.39, 0.29) is 11.8 Å². The van der Waals surface area contributed by atoms with Crippen molar-refractivity contribution >= 4 is 0 Å². The third kappa shape index (κ3) is 3.45. The van der Waals surface area contributed by atoms with Crippen molar-refractivity contribution in [2.75, 3.05) is 26.2 Å². The Morgan fingerprint density at radius 2 is 2.00 bits per heavy atom. The summed E-state index contributed by atoms with van der Waals surface area (Å²) in [6.45, 7) is 8.09. The lowest BCUT2D eigenvalue weighted by atomic mass is 9.94. The molecule has 0 radical (unpaired) electrons. The zero-order valence-corrected chi connectivity index (χ0v) is 11.7. The standard InChI is InChI=1S/C15H23FN2O/c1-11(2)10-14(18-8-6-17-7-9-18)12-4-3-5-13(16)15(12)19/h3-5,11,14,17,19H,6-10H2,1-2H3/t14-/m1/s1. The van der Waals surface area contributed by atoms with E-state index >= 15 is 0 Å². The molecule has 0 bridgehead atoms. The van der Waals surface area contributed by atoms with Crippen molar-refractivity contribution in [2.45, 2.75) is 26.3 Å². The summed E-state index contributed by atoms with van der Waals surface area (Å²) >= 11 is 0. The quantitative estimate of drug-likeness (QED) is 0.879. The van der Waals surface area contributed by atoms with Crippen molar-refractivity contribution in [1.82, 2.24) is 10.2 Å². The van der Waals surface area contributed by atoms with Crippen molar-refractivity contribution in [3.05, 3.63) is 29.6 Å². The summed E-state index contributed by atoms with van der Waals surface area (Å²) in [5.74, 6) is -0.212. The Balaban J connectivity index is 2.27. The van der Waals surface area contributed by atoms with E-state index < -0.39 is 5.82 Å². The third-order valence-corrected chi connectivity index (χ3v) is 3.66. The topological polar surface area (TPSA) is 35.5 Å². The van der Waals surface area contributed by atoms with Crippen LogP contribution in [0.3, 0.4) is 0 Å². The number of hydrogen-bond donors (Lipinski definition) is 2. The summed E-state index contributed by atoms with van der Waals surface area (Å²) < 4.78 is 13.6. The Kier molecular flexibility index (Phi) is 4.77. The van der Waals surface area contributed by atoms with Crippen LogP contribution < -0.4 is 5.32 Å². The average Bonchev–Trinajstić information content (AvgIpc) is 2.40. The highest BCUT2D eigenvalue weighted by Crippen LogP contribution is 2.34. The predicted octanol–water partition coefficient (Wildman–Crippen LogP) is 2.52. The summed E-state index contributed by atoms with van der Waals surface area (Å²) in [6, 6.07) is 4.92. The highest BCUT2D eigenvalue weighted by atomic mass is 19.1. The number of nitrogens with zero attached hydrogens (tertiary/aromatic N) is 1. The van der Waals surface area contributed by atoms with Crippen LogP contribution in [0.15, 0.2) is 18.2 Å². The second-order valence-electron chi connectivity index (χ2n) is 5.61. The Labute approximate surface area is 114 Å². The minimum absolute atomic E-state index is 0.0952. The van der Waals surface area contributed by atoms with Crippen molar-refractivity contribution in [1.29, 1.82) is 0 Å². The van der Waals surface area contributed by atoms with E-state index in [9.17, 15) is 9.50 Å². The molecule has 0 aromatic heterocycles. The van der Waals surface area contributed by atoms with Gasteiger partial charge in [-0.25, -0.2) is 4.39 Å². The lowest BCUT2D eigenvalue weighted by molar-refractivity contribution is 0.151. The molecule has 2 N–H and O–H groups in total. The maximum Gasteiger partial charge on any atom is 0.165 e. The summed E-state index contributed by atoms with van der Waals surface area (Å²) in [7, 11) is 0. The van der Waals surface area contributed by atoms with Crippen LogP contribution in [-0.4, -0.2) is 36.2 Å². The smallest absolute Gasteiger partial charge is 0.165 e. The number of para-hydroxylation sites is 1. The van der Waals surface area contributed by atoms with Gasteiger partial charge in [0.2, 0.25) is 0 Å². The Morgan fingerprint density at radius 3 is 2.63 bits per heavy atom. The van der Waals surface area contributed by atoms with E-state index in [1.807, 2.05) is 6.07 Å². The number of benzene rings is 1. The molecule has 1 saturated heterocycles. The number of piperazine rings is 1. The molecule has 1 heterocycles. The van der Waals surface area contributed by atoms with Crippen LogP contribution in [0.1, 0.15) is 31.9 Å². The molecule has 2 rings (SSSR count). The van der Waals surface area contributed by atoms with E-state index in [0.717, 1.165) is 38.2 Å². The van der Waals surface area contributed by atoms with Crippen LogP contribution in [0.25, 0.3) is 0 Å². The summed E-state index contributed by atoms with van der Waals surface area (Å²) in [6.07, 6.45) is 0.928. The van der Waals surface area contributed by atoms with E-state index in [2.05, 4.69) is 24.1 Å². The van der Waals surface area contributed by atoms with Gasteiger partial charge in [-0.05, 0) is 18.4 Å². The largest absolute Gasteiger partial charge is 0.505 e. The van der Waals surface area contributed by atoms with Gasteiger partial charge in [0.25, 0.3) is 0 Å². The highest BCUT2D eigenvalue weighted by molar-refractivity contribution is 5.36. The molecule has 0 saturated carbocycles. The molecule has 19 heavy (non-hydrogen) atoms. The molecular formula is C15H23FN2O. The number of hydrogen-bond acceptors (Lipinski definition) is 3. The molecule has 1 aliphatic rings. The van der Waals surface area contributed by atoms with Gasteiger partial charge in [0, 0.05) is 37.8 Å². The Hall–Kier alpha value is -1.13. The van der Waals surface area contributed by atoms with Gasteiger partial charge in [0.05, 0.1) is 0 Å². The van der Waals surface area contributed by atoms with Gasteiger partial charge in [0.1, 0.15) is 0 Å². The molecular weight excluding hydrogens is 243 g/mol. The minimum atomic E-state index is -0.526. The van der Waals surface area contributed by atoms with Gasteiger partial charge < -0.3 is 10.4 Å². The normalized spacial score (nSPS) is 18.7. The number of halogens is 1. The van der Waals surface area contributed by atoms with Crippen LogP contribution in [0, 0.1) is 11.7 Å². The molecule has 0 amide bonds. The monoisotopic (exact) mass is 266 g/mol. The summed E-state index contributed by atoms with van der Waals surface area (Å²) in [5, 5.41) is 13.3. The van der Waals surface area contributed by atoms with Gasteiger partial charge in [-0.15, -0.1) is 0 Å². The molecule has 4 heteroatoms. The zero-order valence-electron chi connectivity index (χ0n) is 11.7. The minimum Gasteiger partial charge on any atom is -0.505 e. The first-order chi connectivity index (χ1) is 9.09. The van der Waals surface area contributed by atoms with E-state index in [0.29, 0.717) is 5.92 Å². The number of aromatic hydroxyl groups is 1. The number of rotatable bonds is 4. The van der Waals surface area contributed by atoms with Gasteiger partial charge in [0.15, 0.2) is 11.6 Å². The highest BCUT2D eigenvalue weighted by Gasteiger charge is 2.26. The number of nitrogens with one attached hydrogen (secondary N) is 1. The SMILES string of the molecule is CC(C)C[C@H](c1cccc(F)c1O)N1CCNCC1. The lowest BCUT2D eigenvalue weighted by Crippen LogP contribution is -2.45.